The largest absolute Gasteiger partial charge is 0.399 e. The molecule has 1 unspecified atom stereocenters. The first kappa shape index (κ1) is 14.5. The third-order valence-corrected chi connectivity index (χ3v) is 4.04. The predicted molar refractivity (Wildman–Crippen MR) is 80.7 cm³/mol. The van der Waals surface area contributed by atoms with E-state index in [9.17, 15) is 4.79 Å². The lowest BCUT2D eigenvalue weighted by Gasteiger charge is -2.13. The molecule has 0 bridgehead atoms. The molecule has 2 rings (SSSR count). The van der Waals surface area contributed by atoms with Crippen molar-refractivity contribution in [2.75, 3.05) is 11.1 Å². The van der Waals surface area contributed by atoms with E-state index in [0.29, 0.717) is 23.7 Å². The Labute approximate surface area is 121 Å². The highest BCUT2D eigenvalue weighted by atomic mass is 32.2. The molecule has 0 radical (unpaired) electrons. The molecule has 106 valence electrons. The molecule has 1 aromatic heterocycles. The Morgan fingerprint density at radius 2 is 2.30 bits per heavy atom. The molecule has 1 aromatic carbocycles. The maximum Gasteiger partial charge on any atom is 0.239 e. The molecule has 6 heteroatoms. The first-order valence-electron chi connectivity index (χ1n) is 6.35. The van der Waals surface area contributed by atoms with E-state index in [2.05, 4.69) is 10.5 Å². The van der Waals surface area contributed by atoms with Crippen molar-refractivity contribution in [1.82, 2.24) is 5.16 Å². The number of anilines is 2. The maximum atomic E-state index is 12.2. The monoisotopic (exact) mass is 291 g/mol. The first-order valence-corrected chi connectivity index (χ1v) is 7.23. The normalized spacial score (nSPS) is 12.1. The lowest BCUT2D eigenvalue weighted by molar-refractivity contribution is -0.115. The number of thioether (sulfide) groups is 1. The minimum absolute atomic E-state index is 0.0896. The summed E-state index contributed by atoms with van der Waals surface area (Å²) >= 11 is 1.49. The quantitative estimate of drug-likeness (QED) is 0.653. The number of hydrogen-bond donors (Lipinski definition) is 2. The SMILES string of the molecule is CCC(Sc1cccc(N)c1)C(=O)Nc1cc(C)on1. The Bertz CT molecular complexity index is 598. The zero-order valence-corrected chi connectivity index (χ0v) is 12.2. The standard InChI is InChI=1S/C14H17N3O2S/c1-3-12(20-11-6-4-5-10(15)8-11)14(18)16-13-7-9(2)19-17-13/h4-8,12H,3,15H2,1-2H3,(H,16,17,18). The first-order chi connectivity index (χ1) is 9.58. The van der Waals surface area contributed by atoms with Gasteiger partial charge in [0.05, 0.1) is 5.25 Å². The Morgan fingerprint density at radius 3 is 2.90 bits per heavy atom. The molecule has 20 heavy (non-hydrogen) atoms. The van der Waals surface area contributed by atoms with E-state index in [-0.39, 0.29) is 11.2 Å². The van der Waals surface area contributed by atoms with Gasteiger partial charge in [0.15, 0.2) is 5.82 Å². The van der Waals surface area contributed by atoms with Gasteiger partial charge in [-0.1, -0.05) is 18.1 Å². The van der Waals surface area contributed by atoms with Crippen LogP contribution in [-0.4, -0.2) is 16.3 Å². The van der Waals surface area contributed by atoms with E-state index >= 15 is 0 Å². The van der Waals surface area contributed by atoms with Gasteiger partial charge in [-0.25, -0.2) is 0 Å². The number of hydrogen-bond acceptors (Lipinski definition) is 5. The summed E-state index contributed by atoms with van der Waals surface area (Å²) in [5.74, 6) is 1.02. The van der Waals surface area contributed by atoms with Crippen LogP contribution >= 0.6 is 11.8 Å². The number of benzene rings is 1. The second-order valence-corrected chi connectivity index (χ2v) is 5.68. The topological polar surface area (TPSA) is 81.2 Å². The second-order valence-electron chi connectivity index (χ2n) is 4.40. The van der Waals surface area contributed by atoms with Crippen LogP contribution in [0.25, 0.3) is 0 Å². The number of carbonyl (C=O) groups excluding carboxylic acids is 1. The van der Waals surface area contributed by atoms with Gasteiger partial charge in [-0.3, -0.25) is 4.79 Å². The maximum absolute atomic E-state index is 12.2. The van der Waals surface area contributed by atoms with Crippen LogP contribution in [0.1, 0.15) is 19.1 Å². The summed E-state index contributed by atoms with van der Waals surface area (Å²) < 4.78 is 4.92. The lowest BCUT2D eigenvalue weighted by atomic mass is 10.3. The van der Waals surface area contributed by atoms with Crippen molar-refractivity contribution in [3.63, 3.8) is 0 Å². The summed E-state index contributed by atoms with van der Waals surface area (Å²) in [6.07, 6.45) is 0.710. The van der Waals surface area contributed by atoms with Gasteiger partial charge in [0, 0.05) is 16.6 Å². The fourth-order valence-electron chi connectivity index (χ4n) is 1.71. The molecule has 0 spiro atoms. The van der Waals surface area contributed by atoms with Crippen molar-refractivity contribution >= 4 is 29.2 Å². The third-order valence-electron chi connectivity index (χ3n) is 2.68. The zero-order chi connectivity index (χ0) is 14.5. The van der Waals surface area contributed by atoms with Gasteiger partial charge in [-0.05, 0) is 31.5 Å². The van der Waals surface area contributed by atoms with Crippen molar-refractivity contribution in [1.29, 1.82) is 0 Å². The van der Waals surface area contributed by atoms with Crippen LogP contribution in [0.15, 0.2) is 39.8 Å². The lowest BCUT2D eigenvalue weighted by Crippen LogP contribution is -2.24. The summed E-state index contributed by atoms with van der Waals surface area (Å²) in [5.41, 5.74) is 6.43. The second kappa shape index (κ2) is 6.47. The average Bonchev–Trinajstić information content (AvgIpc) is 2.81. The van der Waals surface area contributed by atoms with Gasteiger partial charge in [0.2, 0.25) is 5.91 Å². The molecule has 0 aliphatic rings. The smallest absolute Gasteiger partial charge is 0.239 e. The van der Waals surface area contributed by atoms with E-state index < -0.39 is 0 Å². The van der Waals surface area contributed by atoms with E-state index in [0.717, 1.165) is 4.90 Å². The summed E-state index contributed by atoms with van der Waals surface area (Å²) in [6.45, 7) is 3.75. The fraction of sp³-hybridized carbons (Fsp3) is 0.286. The Hall–Kier alpha value is -1.95. The van der Waals surface area contributed by atoms with Gasteiger partial charge in [-0.2, -0.15) is 0 Å². The molecule has 1 amide bonds. The average molecular weight is 291 g/mol. The van der Waals surface area contributed by atoms with Crippen molar-refractivity contribution in [2.24, 2.45) is 0 Å². The highest BCUT2D eigenvalue weighted by Gasteiger charge is 2.19. The van der Waals surface area contributed by atoms with Gasteiger partial charge in [-0.15, -0.1) is 11.8 Å². The number of nitrogens with zero attached hydrogens (tertiary/aromatic N) is 1. The number of nitrogen functional groups attached to an aromatic ring is 1. The van der Waals surface area contributed by atoms with Crippen molar-refractivity contribution in [3.8, 4) is 0 Å². The minimum atomic E-state index is -0.200. The van der Waals surface area contributed by atoms with E-state index in [1.807, 2.05) is 31.2 Å². The van der Waals surface area contributed by atoms with E-state index in [4.69, 9.17) is 10.3 Å². The van der Waals surface area contributed by atoms with Crippen LogP contribution in [0, 0.1) is 6.92 Å². The number of aromatic nitrogens is 1. The van der Waals surface area contributed by atoms with Gasteiger partial charge in [0.1, 0.15) is 5.76 Å². The molecule has 2 aromatic rings. The molecule has 0 fully saturated rings. The number of nitrogens with two attached hydrogens (primary N) is 1. The predicted octanol–water partition coefficient (Wildman–Crippen LogP) is 3.07. The molecule has 0 saturated heterocycles. The highest BCUT2D eigenvalue weighted by Crippen LogP contribution is 2.27. The van der Waals surface area contributed by atoms with E-state index in [1.54, 1.807) is 13.0 Å². The number of rotatable bonds is 5. The molecule has 0 saturated carbocycles. The minimum Gasteiger partial charge on any atom is -0.399 e. The summed E-state index contributed by atoms with van der Waals surface area (Å²) in [7, 11) is 0. The third kappa shape index (κ3) is 3.77. The molecule has 5 nitrogen and oxygen atoms in total. The highest BCUT2D eigenvalue weighted by molar-refractivity contribution is 8.00. The van der Waals surface area contributed by atoms with E-state index in [1.165, 1.54) is 11.8 Å². The van der Waals surface area contributed by atoms with Crippen LogP contribution in [0.5, 0.6) is 0 Å². The van der Waals surface area contributed by atoms with Crippen LogP contribution in [-0.2, 0) is 4.79 Å². The molecule has 0 aliphatic carbocycles. The Kier molecular flexibility index (Phi) is 4.68. The fourth-order valence-corrected chi connectivity index (χ4v) is 2.73. The molecule has 0 aliphatic heterocycles. The molecule has 3 N–H and O–H groups in total. The van der Waals surface area contributed by atoms with Gasteiger partial charge in [0.25, 0.3) is 0 Å². The van der Waals surface area contributed by atoms with Crippen LogP contribution < -0.4 is 11.1 Å². The van der Waals surface area contributed by atoms with Crippen molar-refractivity contribution in [2.45, 2.75) is 30.4 Å². The van der Waals surface area contributed by atoms with Crippen LogP contribution in [0.2, 0.25) is 0 Å². The molecular formula is C14H17N3O2S. The Morgan fingerprint density at radius 1 is 1.50 bits per heavy atom. The number of carbonyl (C=O) groups is 1. The number of nitrogens with one attached hydrogen (secondary N) is 1. The van der Waals surface area contributed by atoms with Crippen LogP contribution in [0.3, 0.4) is 0 Å². The number of amides is 1. The van der Waals surface area contributed by atoms with Gasteiger partial charge >= 0.3 is 0 Å². The molecule has 1 heterocycles. The summed E-state index contributed by atoms with van der Waals surface area (Å²) in [6, 6.07) is 9.19. The number of aryl methyl sites for hydroxylation is 1. The summed E-state index contributed by atoms with van der Waals surface area (Å²) in [4.78, 5) is 13.2. The summed E-state index contributed by atoms with van der Waals surface area (Å²) in [5, 5.41) is 6.31. The molecule has 1 atom stereocenters. The van der Waals surface area contributed by atoms with Crippen molar-refractivity contribution in [3.05, 3.63) is 36.1 Å². The zero-order valence-electron chi connectivity index (χ0n) is 11.4. The van der Waals surface area contributed by atoms with Crippen LogP contribution in [0.4, 0.5) is 11.5 Å². The van der Waals surface area contributed by atoms with Crippen molar-refractivity contribution < 1.29 is 9.32 Å². The van der Waals surface area contributed by atoms with Gasteiger partial charge < -0.3 is 15.6 Å². The Balaban J connectivity index is 2.02. The molecular weight excluding hydrogens is 274 g/mol.